The van der Waals surface area contributed by atoms with Gasteiger partial charge in [0.1, 0.15) is 18.1 Å². The molecule has 2 rings (SSSR count). The van der Waals surface area contributed by atoms with Gasteiger partial charge < -0.3 is 9.84 Å². The lowest BCUT2D eigenvalue weighted by molar-refractivity contribution is -0.131. The summed E-state index contributed by atoms with van der Waals surface area (Å²) in [6.07, 6.45) is 4.37. The van der Waals surface area contributed by atoms with Crippen LogP contribution in [-0.4, -0.2) is 26.1 Å². The molecule has 0 fully saturated rings. The zero-order valence-electron chi connectivity index (χ0n) is 10.7. The van der Waals surface area contributed by atoms with E-state index in [2.05, 4.69) is 26.2 Å². The summed E-state index contributed by atoms with van der Waals surface area (Å²) >= 11 is 3.39. The highest BCUT2D eigenvalue weighted by molar-refractivity contribution is 9.10. The largest absolute Gasteiger partial charge is 0.486 e. The van der Waals surface area contributed by atoms with E-state index in [-0.39, 0.29) is 0 Å². The normalized spacial score (nSPS) is 10.9. The second-order valence-corrected chi connectivity index (χ2v) is 4.89. The van der Waals surface area contributed by atoms with Crippen LogP contribution in [0.2, 0.25) is 0 Å². The van der Waals surface area contributed by atoms with E-state index in [1.807, 2.05) is 0 Å². The van der Waals surface area contributed by atoms with Gasteiger partial charge in [-0.25, -0.2) is 4.79 Å². The van der Waals surface area contributed by atoms with Gasteiger partial charge in [-0.1, -0.05) is 11.3 Å². The molecule has 7 heteroatoms. The van der Waals surface area contributed by atoms with E-state index in [0.717, 1.165) is 21.8 Å². The Labute approximate surface area is 123 Å². The first-order valence-corrected chi connectivity index (χ1v) is 6.52. The number of aryl methyl sites for hydroxylation is 1. The quantitative estimate of drug-likeness (QED) is 0.846. The monoisotopic (exact) mass is 337 g/mol. The van der Waals surface area contributed by atoms with Gasteiger partial charge in [0.2, 0.25) is 0 Å². The van der Waals surface area contributed by atoms with E-state index >= 15 is 0 Å². The third-order valence-electron chi connectivity index (χ3n) is 2.40. The molecule has 1 heterocycles. The number of hydrogen-bond donors (Lipinski definition) is 1. The summed E-state index contributed by atoms with van der Waals surface area (Å²) in [5, 5.41) is 16.3. The predicted molar refractivity (Wildman–Crippen MR) is 76.1 cm³/mol. The summed E-state index contributed by atoms with van der Waals surface area (Å²) in [7, 11) is 1.79. The minimum atomic E-state index is -0.982. The van der Waals surface area contributed by atoms with Gasteiger partial charge in [0, 0.05) is 13.1 Å². The molecule has 6 nitrogen and oxygen atoms in total. The number of carbonyl (C=O) groups is 1. The molecule has 1 N–H and O–H groups in total. The number of aromatic nitrogens is 3. The van der Waals surface area contributed by atoms with Gasteiger partial charge in [0.05, 0.1) is 10.7 Å². The Morgan fingerprint density at radius 2 is 2.35 bits per heavy atom. The lowest BCUT2D eigenvalue weighted by atomic mass is 10.2. The molecule has 0 spiro atoms. The molecule has 104 valence electrons. The fraction of sp³-hybridized carbons (Fsp3) is 0.154. The van der Waals surface area contributed by atoms with Gasteiger partial charge >= 0.3 is 5.97 Å². The molecule has 0 saturated heterocycles. The molecule has 0 atom stereocenters. The molecule has 0 aliphatic rings. The topological polar surface area (TPSA) is 77.2 Å². The number of carboxylic acids is 1. The van der Waals surface area contributed by atoms with Crippen molar-refractivity contribution in [2.24, 2.45) is 7.05 Å². The summed E-state index contributed by atoms with van der Waals surface area (Å²) < 4.78 is 7.96. The molecule has 0 radical (unpaired) electrons. The van der Waals surface area contributed by atoms with Crippen molar-refractivity contribution in [1.82, 2.24) is 15.0 Å². The summed E-state index contributed by atoms with van der Waals surface area (Å²) in [5.74, 6) is -0.327. The maximum Gasteiger partial charge on any atom is 0.328 e. The summed E-state index contributed by atoms with van der Waals surface area (Å²) in [4.78, 5) is 10.4. The average Bonchev–Trinajstić information content (AvgIpc) is 2.81. The van der Waals surface area contributed by atoms with Crippen LogP contribution in [0.5, 0.6) is 5.75 Å². The van der Waals surface area contributed by atoms with Crippen LogP contribution in [0.25, 0.3) is 6.08 Å². The Kier molecular flexibility index (Phi) is 4.52. The molecule has 20 heavy (non-hydrogen) atoms. The van der Waals surface area contributed by atoms with E-state index < -0.39 is 5.97 Å². The molecule has 2 aromatic rings. The van der Waals surface area contributed by atoms with Crippen LogP contribution in [0.3, 0.4) is 0 Å². The fourth-order valence-corrected chi connectivity index (χ4v) is 2.03. The van der Waals surface area contributed by atoms with Crippen LogP contribution in [0.4, 0.5) is 0 Å². The first-order valence-electron chi connectivity index (χ1n) is 5.73. The molecule has 0 aliphatic carbocycles. The van der Waals surface area contributed by atoms with Gasteiger partial charge in [-0.05, 0) is 39.7 Å². The molecule has 0 bridgehead atoms. The number of hydrogen-bond acceptors (Lipinski definition) is 4. The zero-order chi connectivity index (χ0) is 14.5. The third-order valence-corrected chi connectivity index (χ3v) is 3.02. The van der Waals surface area contributed by atoms with Gasteiger partial charge in [0.15, 0.2) is 0 Å². The number of halogens is 1. The maximum atomic E-state index is 10.4. The van der Waals surface area contributed by atoms with E-state index in [9.17, 15) is 4.79 Å². The van der Waals surface area contributed by atoms with Gasteiger partial charge in [-0.2, -0.15) is 0 Å². The average molecular weight is 338 g/mol. The standard InChI is InChI=1S/C13H12BrN3O3/c1-17-7-10(15-16-17)8-20-12-4-2-9(6-11(12)14)3-5-13(18)19/h2-7H,8H2,1H3,(H,18,19)/b5-3+. The van der Waals surface area contributed by atoms with Crippen molar-refractivity contribution in [2.75, 3.05) is 0 Å². The van der Waals surface area contributed by atoms with Crippen molar-refractivity contribution in [2.45, 2.75) is 6.61 Å². The Morgan fingerprint density at radius 3 is 2.95 bits per heavy atom. The molecule has 1 aromatic carbocycles. The first kappa shape index (κ1) is 14.3. The highest BCUT2D eigenvalue weighted by Crippen LogP contribution is 2.27. The molecule has 0 unspecified atom stereocenters. The van der Waals surface area contributed by atoms with Crippen molar-refractivity contribution in [3.63, 3.8) is 0 Å². The number of rotatable bonds is 5. The number of aliphatic carboxylic acids is 1. The summed E-state index contributed by atoms with van der Waals surface area (Å²) in [6.45, 7) is 0.316. The van der Waals surface area contributed by atoms with Gasteiger partial charge in [0.25, 0.3) is 0 Å². The minimum Gasteiger partial charge on any atom is -0.486 e. The van der Waals surface area contributed by atoms with Crippen molar-refractivity contribution in [1.29, 1.82) is 0 Å². The van der Waals surface area contributed by atoms with Crippen molar-refractivity contribution >= 4 is 28.0 Å². The van der Waals surface area contributed by atoms with Gasteiger partial charge in [-0.15, -0.1) is 5.10 Å². The smallest absolute Gasteiger partial charge is 0.328 e. The molecule has 0 saturated carbocycles. The summed E-state index contributed by atoms with van der Waals surface area (Å²) in [6, 6.07) is 5.32. The molecule has 0 aliphatic heterocycles. The van der Waals surface area contributed by atoms with E-state index in [4.69, 9.17) is 9.84 Å². The van der Waals surface area contributed by atoms with Crippen LogP contribution in [-0.2, 0) is 18.4 Å². The van der Waals surface area contributed by atoms with Crippen molar-refractivity contribution in [3.8, 4) is 5.75 Å². The lowest BCUT2D eigenvalue weighted by Crippen LogP contribution is -1.96. The second-order valence-electron chi connectivity index (χ2n) is 4.03. The van der Waals surface area contributed by atoms with E-state index in [0.29, 0.717) is 12.4 Å². The third kappa shape index (κ3) is 3.92. The number of carboxylic acid groups (broad SMARTS) is 1. The van der Waals surface area contributed by atoms with Crippen LogP contribution in [0.1, 0.15) is 11.3 Å². The first-order chi connectivity index (χ1) is 9.54. The second kappa shape index (κ2) is 6.33. The van der Waals surface area contributed by atoms with Crippen LogP contribution < -0.4 is 4.74 Å². The van der Waals surface area contributed by atoms with Crippen molar-refractivity contribution < 1.29 is 14.6 Å². The lowest BCUT2D eigenvalue weighted by Gasteiger charge is -2.07. The summed E-state index contributed by atoms with van der Waals surface area (Å²) in [5.41, 5.74) is 1.50. The maximum absolute atomic E-state index is 10.4. The van der Waals surface area contributed by atoms with Crippen LogP contribution in [0.15, 0.2) is 34.9 Å². The SMILES string of the molecule is Cn1cc(COc2ccc(/C=C/C(=O)O)cc2Br)nn1. The number of ether oxygens (including phenoxy) is 1. The molecule has 0 amide bonds. The molecule has 1 aromatic heterocycles. The number of benzene rings is 1. The minimum absolute atomic E-state index is 0.316. The van der Waals surface area contributed by atoms with Crippen LogP contribution >= 0.6 is 15.9 Å². The highest BCUT2D eigenvalue weighted by atomic mass is 79.9. The number of nitrogens with zero attached hydrogens (tertiary/aromatic N) is 3. The van der Waals surface area contributed by atoms with E-state index in [1.165, 1.54) is 6.08 Å². The van der Waals surface area contributed by atoms with E-state index in [1.54, 1.807) is 36.1 Å². The Bertz CT molecular complexity index is 652. The van der Waals surface area contributed by atoms with Crippen molar-refractivity contribution in [3.05, 3.63) is 46.2 Å². The van der Waals surface area contributed by atoms with Crippen LogP contribution in [0, 0.1) is 0 Å². The fourth-order valence-electron chi connectivity index (χ4n) is 1.52. The predicted octanol–water partition coefficient (Wildman–Crippen LogP) is 2.25. The Morgan fingerprint density at radius 1 is 1.55 bits per heavy atom. The molecular formula is C13H12BrN3O3. The van der Waals surface area contributed by atoms with Gasteiger partial charge in [-0.3, -0.25) is 4.68 Å². The molecular weight excluding hydrogens is 326 g/mol. The zero-order valence-corrected chi connectivity index (χ0v) is 12.2. The Balaban J connectivity index is 2.04. The Hall–Kier alpha value is -2.15. The highest BCUT2D eigenvalue weighted by Gasteiger charge is 2.04.